The predicted octanol–water partition coefficient (Wildman–Crippen LogP) is 1.58. The Bertz CT molecular complexity index is 806. The lowest BCUT2D eigenvalue weighted by atomic mass is 9.85. The van der Waals surface area contributed by atoms with Crippen molar-refractivity contribution in [1.29, 1.82) is 0 Å². The van der Waals surface area contributed by atoms with Crippen molar-refractivity contribution < 1.29 is 4.79 Å². The molecule has 2 aliphatic rings. The molecule has 1 aromatic heterocycles. The van der Waals surface area contributed by atoms with Gasteiger partial charge in [0.05, 0.1) is 11.0 Å². The van der Waals surface area contributed by atoms with Gasteiger partial charge in [-0.2, -0.15) is 0 Å². The standard InChI is InChI=1S/C16H17N3O2/c20-14-8-16(3-4-17-9-16)7-11(14)5-10-1-2-12-13(6-10)19-15(21)18-12/h1-2,5-6,17H,3-4,7-9H2,(H2,18,19,21)/b11-5+. The lowest BCUT2D eigenvalue weighted by Gasteiger charge is -2.18. The molecule has 1 spiro atoms. The third kappa shape index (κ3) is 2.14. The topological polar surface area (TPSA) is 77.8 Å². The molecule has 3 N–H and O–H groups in total. The van der Waals surface area contributed by atoms with E-state index in [2.05, 4.69) is 15.3 Å². The van der Waals surface area contributed by atoms with E-state index in [1.807, 2.05) is 24.3 Å². The minimum absolute atomic E-state index is 0.148. The van der Waals surface area contributed by atoms with Crippen LogP contribution in [0.15, 0.2) is 28.6 Å². The minimum Gasteiger partial charge on any atom is -0.316 e. The van der Waals surface area contributed by atoms with Crippen LogP contribution in [0.3, 0.4) is 0 Å². The van der Waals surface area contributed by atoms with E-state index in [0.29, 0.717) is 6.42 Å². The van der Waals surface area contributed by atoms with Gasteiger partial charge in [0.1, 0.15) is 0 Å². The monoisotopic (exact) mass is 283 g/mol. The number of nitrogens with one attached hydrogen (secondary N) is 3. The molecule has 0 radical (unpaired) electrons. The van der Waals surface area contributed by atoms with Crippen molar-refractivity contribution in [2.75, 3.05) is 13.1 Å². The van der Waals surface area contributed by atoms with Crippen molar-refractivity contribution in [2.24, 2.45) is 5.41 Å². The molecule has 2 fully saturated rings. The molecule has 1 aliphatic carbocycles. The molecule has 108 valence electrons. The maximum atomic E-state index is 12.2. The zero-order valence-corrected chi connectivity index (χ0v) is 11.7. The predicted molar refractivity (Wildman–Crippen MR) is 81.1 cm³/mol. The second-order valence-electron chi connectivity index (χ2n) is 6.26. The maximum Gasteiger partial charge on any atom is 0.323 e. The average Bonchev–Trinajstić information content (AvgIpc) is 3.10. The fourth-order valence-electron chi connectivity index (χ4n) is 3.59. The Morgan fingerprint density at radius 3 is 2.76 bits per heavy atom. The van der Waals surface area contributed by atoms with Gasteiger partial charge in [-0.15, -0.1) is 0 Å². The Hall–Kier alpha value is -2.14. The van der Waals surface area contributed by atoms with Crippen LogP contribution in [-0.2, 0) is 4.79 Å². The van der Waals surface area contributed by atoms with E-state index in [-0.39, 0.29) is 16.9 Å². The molecule has 2 heterocycles. The van der Waals surface area contributed by atoms with E-state index in [0.717, 1.165) is 48.1 Å². The van der Waals surface area contributed by atoms with E-state index >= 15 is 0 Å². The minimum atomic E-state index is -0.206. The number of aromatic amines is 2. The quantitative estimate of drug-likeness (QED) is 0.695. The molecule has 0 amide bonds. The van der Waals surface area contributed by atoms with E-state index in [4.69, 9.17) is 0 Å². The van der Waals surface area contributed by atoms with Gasteiger partial charge in [-0.3, -0.25) is 4.79 Å². The molecule has 5 nitrogen and oxygen atoms in total. The molecule has 21 heavy (non-hydrogen) atoms. The Labute approximate surface area is 121 Å². The SMILES string of the molecule is O=C1CC2(CCNC2)C/C1=C\c1ccc2[nH]c(=O)[nH]c2c1. The zero-order chi connectivity index (χ0) is 14.4. The molecular weight excluding hydrogens is 266 g/mol. The maximum absolute atomic E-state index is 12.2. The fraction of sp³-hybridized carbons (Fsp3) is 0.375. The molecule has 0 bridgehead atoms. The molecule has 1 saturated heterocycles. The molecule has 4 rings (SSSR count). The number of hydrogen-bond acceptors (Lipinski definition) is 3. The first kappa shape index (κ1) is 12.6. The van der Waals surface area contributed by atoms with Crippen LogP contribution in [0, 0.1) is 5.41 Å². The number of fused-ring (bicyclic) bond motifs is 1. The lowest BCUT2D eigenvalue weighted by molar-refractivity contribution is -0.115. The summed E-state index contributed by atoms with van der Waals surface area (Å²) >= 11 is 0. The van der Waals surface area contributed by atoms with Crippen molar-refractivity contribution in [1.82, 2.24) is 15.3 Å². The van der Waals surface area contributed by atoms with Crippen molar-refractivity contribution in [3.63, 3.8) is 0 Å². The Kier molecular flexibility index (Phi) is 2.65. The zero-order valence-electron chi connectivity index (χ0n) is 11.7. The first-order valence-corrected chi connectivity index (χ1v) is 7.30. The summed E-state index contributed by atoms with van der Waals surface area (Å²) in [7, 11) is 0. The number of hydrogen-bond donors (Lipinski definition) is 3. The number of benzene rings is 1. The highest BCUT2D eigenvalue weighted by molar-refractivity contribution is 6.02. The first-order valence-electron chi connectivity index (χ1n) is 7.30. The van der Waals surface area contributed by atoms with Crippen LogP contribution in [0.2, 0.25) is 0 Å². The molecule has 5 heteroatoms. The Morgan fingerprint density at radius 1 is 1.10 bits per heavy atom. The number of carbonyl (C=O) groups is 1. The van der Waals surface area contributed by atoms with Crippen molar-refractivity contribution in [3.05, 3.63) is 39.8 Å². The third-order valence-electron chi connectivity index (χ3n) is 4.67. The summed E-state index contributed by atoms with van der Waals surface area (Å²) in [4.78, 5) is 29.0. The van der Waals surface area contributed by atoms with Crippen molar-refractivity contribution >= 4 is 22.9 Å². The van der Waals surface area contributed by atoms with Crippen LogP contribution in [-0.4, -0.2) is 28.8 Å². The van der Waals surface area contributed by atoms with Gasteiger partial charge in [0.25, 0.3) is 0 Å². The lowest BCUT2D eigenvalue weighted by Crippen LogP contribution is -2.20. The highest BCUT2D eigenvalue weighted by Gasteiger charge is 2.43. The Balaban J connectivity index is 1.69. The van der Waals surface area contributed by atoms with E-state index in [1.165, 1.54) is 0 Å². The molecule has 1 atom stereocenters. The highest BCUT2D eigenvalue weighted by atomic mass is 16.1. The van der Waals surface area contributed by atoms with Gasteiger partial charge < -0.3 is 15.3 Å². The second kappa shape index (κ2) is 4.43. The largest absolute Gasteiger partial charge is 0.323 e. The van der Waals surface area contributed by atoms with Crippen LogP contribution in [0.25, 0.3) is 17.1 Å². The van der Waals surface area contributed by atoms with Gasteiger partial charge >= 0.3 is 5.69 Å². The van der Waals surface area contributed by atoms with Gasteiger partial charge in [-0.1, -0.05) is 6.07 Å². The summed E-state index contributed by atoms with van der Waals surface area (Å²) in [6.45, 7) is 1.96. The number of allylic oxidation sites excluding steroid dienone is 1. The van der Waals surface area contributed by atoms with Gasteiger partial charge in [0, 0.05) is 13.0 Å². The van der Waals surface area contributed by atoms with Crippen LogP contribution >= 0.6 is 0 Å². The van der Waals surface area contributed by atoms with E-state index in [1.54, 1.807) is 0 Å². The van der Waals surface area contributed by atoms with Gasteiger partial charge in [-0.25, -0.2) is 4.79 Å². The number of H-pyrrole nitrogens is 2. The fourth-order valence-corrected chi connectivity index (χ4v) is 3.59. The smallest absolute Gasteiger partial charge is 0.316 e. The molecule has 1 aromatic carbocycles. The number of rotatable bonds is 1. The molecule has 1 saturated carbocycles. The summed E-state index contributed by atoms with van der Waals surface area (Å²) in [5.74, 6) is 0.265. The number of aromatic nitrogens is 2. The molecular formula is C16H17N3O2. The molecule has 1 unspecified atom stereocenters. The Morgan fingerprint density at radius 2 is 1.95 bits per heavy atom. The second-order valence-corrected chi connectivity index (χ2v) is 6.26. The summed E-state index contributed by atoms with van der Waals surface area (Å²) in [5.41, 5.74) is 3.38. The third-order valence-corrected chi connectivity index (χ3v) is 4.67. The van der Waals surface area contributed by atoms with Gasteiger partial charge in [0.15, 0.2) is 5.78 Å². The first-order chi connectivity index (χ1) is 10.1. The number of Topliss-reactive ketones (excluding diaryl/α,β-unsaturated/α-hetero) is 1. The van der Waals surface area contributed by atoms with Crippen LogP contribution in [0.4, 0.5) is 0 Å². The summed E-state index contributed by atoms with van der Waals surface area (Å²) in [6, 6.07) is 5.71. The summed E-state index contributed by atoms with van der Waals surface area (Å²) < 4.78 is 0. The van der Waals surface area contributed by atoms with Crippen molar-refractivity contribution in [3.8, 4) is 0 Å². The van der Waals surface area contributed by atoms with Crippen LogP contribution in [0.1, 0.15) is 24.8 Å². The highest BCUT2D eigenvalue weighted by Crippen LogP contribution is 2.44. The normalized spacial score (nSPS) is 27.4. The van der Waals surface area contributed by atoms with Crippen molar-refractivity contribution in [2.45, 2.75) is 19.3 Å². The van der Waals surface area contributed by atoms with Gasteiger partial charge in [0.2, 0.25) is 0 Å². The number of ketones is 1. The number of carbonyl (C=O) groups excluding carboxylic acids is 1. The average molecular weight is 283 g/mol. The van der Waals surface area contributed by atoms with E-state index in [9.17, 15) is 9.59 Å². The van der Waals surface area contributed by atoms with Crippen LogP contribution in [0.5, 0.6) is 0 Å². The summed E-state index contributed by atoms with van der Waals surface area (Å²) in [5, 5.41) is 3.36. The molecule has 1 aliphatic heterocycles. The van der Waals surface area contributed by atoms with Crippen LogP contribution < -0.4 is 11.0 Å². The number of imidazole rings is 1. The van der Waals surface area contributed by atoms with E-state index < -0.39 is 0 Å². The van der Waals surface area contributed by atoms with Gasteiger partial charge in [-0.05, 0) is 54.1 Å². The molecule has 2 aromatic rings. The summed E-state index contributed by atoms with van der Waals surface area (Å²) in [6.07, 6.45) is 4.58.